The maximum atomic E-state index is 12.6. The van der Waals surface area contributed by atoms with Crippen LogP contribution in [0, 0.1) is 0 Å². The SMILES string of the molecule is CCOc1ncccc1C(=O)O[C@H](C)C(=O)N[C@@H]1CCCc2ccccc21. The summed E-state index contributed by atoms with van der Waals surface area (Å²) >= 11 is 0. The van der Waals surface area contributed by atoms with Crippen molar-refractivity contribution in [2.75, 3.05) is 6.61 Å². The molecule has 2 aromatic rings. The highest BCUT2D eigenvalue weighted by atomic mass is 16.5. The lowest BCUT2D eigenvalue weighted by atomic mass is 9.87. The van der Waals surface area contributed by atoms with Crippen molar-refractivity contribution in [2.24, 2.45) is 0 Å². The van der Waals surface area contributed by atoms with Crippen molar-refractivity contribution in [3.8, 4) is 5.88 Å². The summed E-state index contributed by atoms with van der Waals surface area (Å²) in [5, 5.41) is 3.01. The third-order valence-corrected chi connectivity index (χ3v) is 4.61. The van der Waals surface area contributed by atoms with Crippen molar-refractivity contribution in [1.82, 2.24) is 10.3 Å². The van der Waals surface area contributed by atoms with E-state index in [1.54, 1.807) is 25.3 Å². The molecule has 1 N–H and O–H groups in total. The summed E-state index contributed by atoms with van der Waals surface area (Å²) in [5.41, 5.74) is 2.61. The molecule has 2 atom stereocenters. The van der Waals surface area contributed by atoms with Gasteiger partial charge in [-0.2, -0.15) is 0 Å². The standard InChI is InChI=1S/C21H24N2O4/c1-3-26-20-17(11-7-13-22-20)21(25)27-14(2)19(24)23-18-12-6-9-15-8-4-5-10-16(15)18/h4-5,7-8,10-11,13-14,18H,3,6,9,12H2,1-2H3,(H,23,24)/t14-,18-/m1/s1. The Labute approximate surface area is 158 Å². The van der Waals surface area contributed by atoms with Crippen LogP contribution in [0.4, 0.5) is 0 Å². The van der Waals surface area contributed by atoms with Crippen molar-refractivity contribution < 1.29 is 19.1 Å². The van der Waals surface area contributed by atoms with Crippen LogP contribution in [0.1, 0.15) is 54.2 Å². The molecule has 0 unspecified atom stereocenters. The highest BCUT2D eigenvalue weighted by molar-refractivity contribution is 5.94. The van der Waals surface area contributed by atoms with Crippen molar-refractivity contribution in [2.45, 2.75) is 45.3 Å². The van der Waals surface area contributed by atoms with E-state index in [4.69, 9.17) is 9.47 Å². The molecule has 0 spiro atoms. The number of aromatic nitrogens is 1. The number of benzene rings is 1. The number of carbonyl (C=O) groups excluding carboxylic acids is 2. The monoisotopic (exact) mass is 368 g/mol. The van der Waals surface area contributed by atoms with E-state index in [0.29, 0.717) is 6.61 Å². The van der Waals surface area contributed by atoms with E-state index in [2.05, 4.69) is 16.4 Å². The number of nitrogens with zero attached hydrogens (tertiary/aromatic N) is 1. The Kier molecular flexibility index (Phi) is 6.06. The van der Waals surface area contributed by atoms with E-state index < -0.39 is 12.1 Å². The fourth-order valence-corrected chi connectivity index (χ4v) is 3.27. The Morgan fingerprint density at radius 1 is 1.26 bits per heavy atom. The van der Waals surface area contributed by atoms with E-state index in [-0.39, 0.29) is 23.4 Å². The third kappa shape index (κ3) is 4.45. The zero-order chi connectivity index (χ0) is 19.2. The molecule has 1 amide bonds. The summed E-state index contributed by atoms with van der Waals surface area (Å²) in [7, 11) is 0. The summed E-state index contributed by atoms with van der Waals surface area (Å²) < 4.78 is 10.7. The lowest BCUT2D eigenvalue weighted by molar-refractivity contribution is -0.130. The molecule has 0 fully saturated rings. The Morgan fingerprint density at radius 3 is 2.89 bits per heavy atom. The molecule has 1 aromatic carbocycles. The second kappa shape index (κ2) is 8.66. The predicted octanol–water partition coefficient (Wildman–Crippen LogP) is 3.22. The molecule has 0 bridgehead atoms. The van der Waals surface area contributed by atoms with Crippen molar-refractivity contribution in [1.29, 1.82) is 0 Å². The van der Waals surface area contributed by atoms with E-state index in [9.17, 15) is 9.59 Å². The first kappa shape index (κ1) is 18.9. The molecule has 6 heteroatoms. The van der Waals surface area contributed by atoms with Gasteiger partial charge in [-0.3, -0.25) is 4.79 Å². The van der Waals surface area contributed by atoms with Crippen molar-refractivity contribution in [3.05, 3.63) is 59.3 Å². The van der Waals surface area contributed by atoms with Crippen molar-refractivity contribution >= 4 is 11.9 Å². The van der Waals surface area contributed by atoms with Crippen molar-refractivity contribution in [3.63, 3.8) is 0 Å². The molecule has 1 aliphatic rings. The zero-order valence-electron chi connectivity index (χ0n) is 15.6. The number of amides is 1. The maximum absolute atomic E-state index is 12.6. The minimum atomic E-state index is -0.915. The van der Waals surface area contributed by atoms with Crippen LogP contribution >= 0.6 is 0 Å². The summed E-state index contributed by atoms with van der Waals surface area (Å²) in [6, 6.07) is 11.3. The van der Waals surface area contributed by atoms with Crippen LogP contribution in [-0.2, 0) is 16.0 Å². The normalized spacial score (nSPS) is 16.7. The van der Waals surface area contributed by atoms with Gasteiger partial charge in [-0.05, 0) is 56.4 Å². The smallest absolute Gasteiger partial charge is 0.344 e. The zero-order valence-corrected chi connectivity index (χ0v) is 15.6. The number of hydrogen-bond acceptors (Lipinski definition) is 5. The van der Waals surface area contributed by atoms with Gasteiger partial charge in [0.15, 0.2) is 6.10 Å². The van der Waals surface area contributed by atoms with E-state index in [0.717, 1.165) is 24.8 Å². The largest absolute Gasteiger partial charge is 0.477 e. The fraction of sp³-hybridized carbons (Fsp3) is 0.381. The first-order chi connectivity index (χ1) is 13.1. The number of rotatable bonds is 6. The van der Waals surface area contributed by atoms with Crippen LogP contribution in [0.3, 0.4) is 0 Å². The molecule has 27 heavy (non-hydrogen) atoms. The quantitative estimate of drug-likeness (QED) is 0.792. The van der Waals surface area contributed by atoms with Crippen LogP contribution in [0.15, 0.2) is 42.6 Å². The van der Waals surface area contributed by atoms with Crippen LogP contribution in [0.25, 0.3) is 0 Å². The van der Waals surface area contributed by atoms with Gasteiger partial charge in [-0.1, -0.05) is 24.3 Å². The number of nitrogens with one attached hydrogen (secondary N) is 1. The minimum absolute atomic E-state index is 0.0546. The molecule has 142 valence electrons. The first-order valence-electron chi connectivity index (χ1n) is 9.27. The molecule has 0 aliphatic heterocycles. The number of hydrogen-bond donors (Lipinski definition) is 1. The van der Waals surface area contributed by atoms with Crippen LogP contribution in [0.5, 0.6) is 5.88 Å². The van der Waals surface area contributed by atoms with Gasteiger partial charge in [-0.25, -0.2) is 9.78 Å². The highest BCUT2D eigenvalue weighted by Crippen LogP contribution is 2.29. The average Bonchev–Trinajstić information content (AvgIpc) is 2.69. The molecule has 0 radical (unpaired) electrons. The lowest BCUT2D eigenvalue weighted by Crippen LogP contribution is -2.39. The number of aryl methyl sites for hydroxylation is 1. The predicted molar refractivity (Wildman–Crippen MR) is 101 cm³/mol. The summed E-state index contributed by atoms with van der Waals surface area (Å²) in [6.07, 6.45) is 3.54. The van der Waals surface area contributed by atoms with Gasteiger partial charge in [0, 0.05) is 6.20 Å². The van der Waals surface area contributed by atoms with Crippen LogP contribution in [-0.4, -0.2) is 29.6 Å². The molecule has 0 saturated heterocycles. The number of pyridine rings is 1. The van der Waals surface area contributed by atoms with Gasteiger partial charge in [0.25, 0.3) is 5.91 Å². The van der Waals surface area contributed by atoms with E-state index in [1.807, 2.05) is 25.1 Å². The van der Waals surface area contributed by atoms with Crippen LogP contribution in [0.2, 0.25) is 0 Å². The summed E-state index contributed by atoms with van der Waals surface area (Å²) in [4.78, 5) is 29.0. The van der Waals surface area contributed by atoms with Gasteiger partial charge < -0.3 is 14.8 Å². The Hall–Kier alpha value is -2.89. The van der Waals surface area contributed by atoms with Gasteiger partial charge in [-0.15, -0.1) is 0 Å². The molecule has 6 nitrogen and oxygen atoms in total. The number of ether oxygens (including phenoxy) is 2. The number of carbonyl (C=O) groups is 2. The fourth-order valence-electron chi connectivity index (χ4n) is 3.27. The third-order valence-electron chi connectivity index (χ3n) is 4.61. The topological polar surface area (TPSA) is 77.5 Å². The van der Waals surface area contributed by atoms with E-state index >= 15 is 0 Å². The second-order valence-corrected chi connectivity index (χ2v) is 6.49. The molecular weight excluding hydrogens is 344 g/mol. The summed E-state index contributed by atoms with van der Waals surface area (Å²) in [5.74, 6) is -0.732. The maximum Gasteiger partial charge on any atom is 0.344 e. The molecule has 1 aromatic heterocycles. The molecule has 1 aliphatic carbocycles. The number of fused-ring (bicyclic) bond motifs is 1. The Balaban J connectivity index is 1.64. The Morgan fingerprint density at radius 2 is 2.07 bits per heavy atom. The van der Waals surface area contributed by atoms with Gasteiger partial charge >= 0.3 is 5.97 Å². The Bertz CT molecular complexity index is 821. The van der Waals surface area contributed by atoms with Gasteiger partial charge in [0.2, 0.25) is 5.88 Å². The highest BCUT2D eigenvalue weighted by Gasteiger charge is 2.26. The van der Waals surface area contributed by atoms with Crippen LogP contribution < -0.4 is 10.1 Å². The van der Waals surface area contributed by atoms with E-state index in [1.165, 1.54) is 5.56 Å². The molecule has 0 saturated carbocycles. The minimum Gasteiger partial charge on any atom is -0.477 e. The number of esters is 1. The average molecular weight is 368 g/mol. The molecule has 1 heterocycles. The summed E-state index contributed by atoms with van der Waals surface area (Å²) in [6.45, 7) is 3.76. The lowest BCUT2D eigenvalue weighted by Gasteiger charge is -2.27. The first-order valence-corrected chi connectivity index (χ1v) is 9.27. The van der Waals surface area contributed by atoms with Gasteiger partial charge in [0.05, 0.1) is 12.6 Å². The van der Waals surface area contributed by atoms with Gasteiger partial charge in [0.1, 0.15) is 5.56 Å². The molecular formula is C21H24N2O4. The second-order valence-electron chi connectivity index (χ2n) is 6.49. The molecule has 3 rings (SSSR count).